The van der Waals surface area contributed by atoms with E-state index in [-0.39, 0.29) is 18.2 Å². The smallest absolute Gasteiger partial charge is 0.181 e. The highest BCUT2D eigenvalue weighted by Gasteiger charge is 2.17. The molecule has 0 spiro atoms. The molecule has 1 heterocycles. The first kappa shape index (κ1) is 17.1. The van der Waals surface area contributed by atoms with Crippen LogP contribution in [0.2, 0.25) is 0 Å². The molecule has 0 saturated heterocycles. The summed E-state index contributed by atoms with van der Waals surface area (Å²) in [5, 5.41) is 3.23. The molecule has 0 fully saturated rings. The van der Waals surface area contributed by atoms with Crippen molar-refractivity contribution in [3.8, 4) is 0 Å². The first-order valence-corrected chi connectivity index (χ1v) is 8.39. The van der Waals surface area contributed by atoms with Crippen molar-refractivity contribution in [2.24, 2.45) is 5.92 Å². The van der Waals surface area contributed by atoms with Gasteiger partial charge in [-0.05, 0) is 42.5 Å². The molecule has 20 heavy (non-hydrogen) atoms. The lowest BCUT2D eigenvalue weighted by Crippen LogP contribution is -2.05. The fraction of sp³-hybridized carbons (Fsp3) is 0.467. The molecule has 0 amide bonds. The monoisotopic (exact) mass is 315 g/mol. The Bertz CT molecular complexity index is 580. The summed E-state index contributed by atoms with van der Waals surface area (Å²) in [5.41, 5.74) is 2.17. The number of allylic oxidation sites excluding steroid dienone is 1. The molecule has 0 aliphatic carbocycles. The molecule has 1 aliphatic rings. The molecule has 5 heteroatoms. The maximum Gasteiger partial charge on any atom is 0.181 e. The number of benzene rings is 1. The first-order chi connectivity index (χ1) is 8.99. The van der Waals surface area contributed by atoms with Crippen LogP contribution in [0.25, 0.3) is 0 Å². The van der Waals surface area contributed by atoms with E-state index in [1.807, 2.05) is 12.1 Å². The van der Waals surface area contributed by atoms with Gasteiger partial charge in [-0.3, -0.25) is 0 Å². The molecule has 2 rings (SSSR count). The molecule has 1 aliphatic heterocycles. The number of nitrogens with one attached hydrogen (secondary N) is 1. The summed E-state index contributed by atoms with van der Waals surface area (Å²) in [6, 6.07) is 5.37. The molecule has 112 valence electrons. The van der Waals surface area contributed by atoms with Crippen molar-refractivity contribution >= 4 is 27.9 Å². The third-order valence-electron chi connectivity index (χ3n) is 3.24. The maximum atomic E-state index is 12.2. The van der Waals surface area contributed by atoms with Crippen LogP contribution >= 0.6 is 12.4 Å². The Morgan fingerprint density at radius 3 is 2.75 bits per heavy atom. The third kappa shape index (κ3) is 4.25. The first-order valence-electron chi connectivity index (χ1n) is 6.73. The zero-order chi connectivity index (χ0) is 13.9. The molecular weight excluding hydrogens is 294 g/mol. The average molecular weight is 316 g/mol. The normalized spacial score (nSPS) is 14.2. The minimum Gasteiger partial charge on any atom is -0.384 e. The summed E-state index contributed by atoms with van der Waals surface area (Å²) >= 11 is 0. The van der Waals surface area contributed by atoms with Crippen molar-refractivity contribution in [1.29, 1.82) is 0 Å². The number of hydrogen-bond donors (Lipinski definition) is 1. The van der Waals surface area contributed by atoms with Gasteiger partial charge in [-0.25, -0.2) is 8.42 Å². The zero-order valence-electron chi connectivity index (χ0n) is 11.9. The molecule has 0 radical (unpaired) electrons. The quantitative estimate of drug-likeness (QED) is 0.846. The van der Waals surface area contributed by atoms with Crippen LogP contribution in [0.3, 0.4) is 0 Å². The molecule has 1 N–H and O–H groups in total. The second kappa shape index (κ2) is 7.14. The molecule has 1 aromatic rings. The van der Waals surface area contributed by atoms with Gasteiger partial charge in [0, 0.05) is 12.2 Å². The van der Waals surface area contributed by atoms with Crippen molar-refractivity contribution in [1.82, 2.24) is 0 Å². The largest absolute Gasteiger partial charge is 0.384 e. The highest BCUT2D eigenvalue weighted by atomic mass is 35.5. The number of anilines is 1. The molecule has 0 unspecified atom stereocenters. The van der Waals surface area contributed by atoms with E-state index in [4.69, 9.17) is 0 Å². The molecular formula is C15H22ClNO2S. The van der Waals surface area contributed by atoms with Gasteiger partial charge in [-0.15, -0.1) is 12.4 Å². The van der Waals surface area contributed by atoms with Crippen molar-refractivity contribution in [2.45, 2.75) is 31.6 Å². The third-order valence-corrected chi connectivity index (χ3v) is 4.84. The Morgan fingerprint density at radius 1 is 1.30 bits per heavy atom. The predicted octanol–water partition coefficient (Wildman–Crippen LogP) is 3.45. The van der Waals surface area contributed by atoms with Crippen LogP contribution in [0.15, 0.2) is 35.2 Å². The van der Waals surface area contributed by atoms with Gasteiger partial charge in [0.1, 0.15) is 0 Å². The van der Waals surface area contributed by atoms with Gasteiger partial charge in [-0.2, -0.15) is 0 Å². The van der Waals surface area contributed by atoms with Crippen LogP contribution in [0.4, 0.5) is 5.69 Å². The van der Waals surface area contributed by atoms with Gasteiger partial charge >= 0.3 is 0 Å². The minimum atomic E-state index is -3.19. The van der Waals surface area contributed by atoms with Crippen LogP contribution in [0, 0.1) is 5.92 Å². The molecule has 1 aromatic carbocycles. The second-order valence-corrected chi connectivity index (χ2v) is 7.41. The van der Waals surface area contributed by atoms with Gasteiger partial charge in [0.25, 0.3) is 0 Å². The van der Waals surface area contributed by atoms with Gasteiger partial charge < -0.3 is 5.32 Å². The fourth-order valence-corrected chi connectivity index (χ4v) is 3.31. The standard InChI is InChI=1S/C15H21NO2S.ClH/c1-12(2)5-3-4-10-19(17,18)14-6-7-15-13(11-14)8-9-16-15;/h3-4,6-7,11-12,16H,5,8-10H2,1-2H3;1H. The summed E-state index contributed by atoms with van der Waals surface area (Å²) in [4.78, 5) is 0.434. The molecule has 0 bridgehead atoms. The topological polar surface area (TPSA) is 46.2 Å². The van der Waals surface area contributed by atoms with E-state index in [2.05, 4.69) is 19.2 Å². The minimum absolute atomic E-state index is 0. The lowest BCUT2D eigenvalue weighted by Gasteiger charge is -2.05. The molecule has 0 atom stereocenters. The predicted molar refractivity (Wildman–Crippen MR) is 86.5 cm³/mol. The molecule has 0 aromatic heterocycles. The number of fused-ring (bicyclic) bond motifs is 1. The van der Waals surface area contributed by atoms with Crippen LogP contribution in [-0.4, -0.2) is 20.7 Å². The van der Waals surface area contributed by atoms with Crippen LogP contribution in [0.5, 0.6) is 0 Å². The number of halogens is 1. The summed E-state index contributed by atoms with van der Waals surface area (Å²) in [5.74, 6) is 0.649. The van der Waals surface area contributed by atoms with E-state index in [0.717, 1.165) is 30.6 Å². The maximum absolute atomic E-state index is 12.2. The Balaban J connectivity index is 0.00000200. The number of sulfone groups is 1. The van der Waals surface area contributed by atoms with E-state index >= 15 is 0 Å². The van der Waals surface area contributed by atoms with Gasteiger partial charge in [0.05, 0.1) is 10.6 Å². The van der Waals surface area contributed by atoms with Crippen molar-refractivity contribution in [2.75, 3.05) is 17.6 Å². The Labute approximate surface area is 127 Å². The number of hydrogen-bond acceptors (Lipinski definition) is 3. The highest BCUT2D eigenvalue weighted by molar-refractivity contribution is 7.91. The van der Waals surface area contributed by atoms with Crippen LogP contribution in [-0.2, 0) is 16.3 Å². The Morgan fingerprint density at radius 2 is 2.05 bits per heavy atom. The summed E-state index contributed by atoms with van der Waals surface area (Å²) in [6.45, 7) is 5.13. The van der Waals surface area contributed by atoms with E-state index in [1.165, 1.54) is 0 Å². The summed E-state index contributed by atoms with van der Waals surface area (Å²) in [6.07, 6.45) is 5.55. The lowest BCUT2D eigenvalue weighted by molar-refractivity contribution is 0.598. The number of rotatable bonds is 5. The van der Waals surface area contributed by atoms with Gasteiger partial charge in [0.15, 0.2) is 9.84 Å². The SMILES string of the molecule is CC(C)CC=CCS(=O)(=O)c1ccc2c(c1)CCN2.Cl. The summed E-state index contributed by atoms with van der Waals surface area (Å²) in [7, 11) is -3.19. The van der Waals surface area contributed by atoms with Crippen molar-refractivity contribution in [3.05, 3.63) is 35.9 Å². The van der Waals surface area contributed by atoms with Crippen LogP contribution < -0.4 is 5.32 Å². The molecule has 0 saturated carbocycles. The average Bonchev–Trinajstić information content (AvgIpc) is 2.81. The van der Waals surface area contributed by atoms with E-state index in [0.29, 0.717) is 10.8 Å². The van der Waals surface area contributed by atoms with E-state index < -0.39 is 9.84 Å². The van der Waals surface area contributed by atoms with E-state index in [9.17, 15) is 8.42 Å². The van der Waals surface area contributed by atoms with Crippen molar-refractivity contribution < 1.29 is 8.42 Å². The van der Waals surface area contributed by atoms with Gasteiger partial charge in [-0.1, -0.05) is 26.0 Å². The lowest BCUT2D eigenvalue weighted by atomic mass is 10.1. The molecule has 3 nitrogen and oxygen atoms in total. The Kier molecular flexibility index (Phi) is 6.08. The van der Waals surface area contributed by atoms with Gasteiger partial charge in [0.2, 0.25) is 0 Å². The zero-order valence-corrected chi connectivity index (χ0v) is 13.6. The highest BCUT2D eigenvalue weighted by Crippen LogP contribution is 2.25. The van der Waals surface area contributed by atoms with E-state index in [1.54, 1.807) is 18.2 Å². The Hall–Kier alpha value is -1.00. The fourth-order valence-electron chi connectivity index (χ4n) is 2.13. The van der Waals surface area contributed by atoms with Crippen LogP contribution in [0.1, 0.15) is 25.8 Å². The summed E-state index contributed by atoms with van der Waals surface area (Å²) < 4.78 is 24.4. The van der Waals surface area contributed by atoms with Crippen molar-refractivity contribution in [3.63, 3.8) is 0 Å². The second-order valence-electron chi connectivity index (χ2n) is 5.38.